The van der Waals surface area contributed by atoms with E-state index in [0.29, 0.717) is 5.92 Å². The van der Waals surface area contributed by atoms with E-state index in [-0.39, 0.29) is 5.54 Å². The minimum absolute atomic E-state index is 0.216. The molecule has 1 aromatic rings. The summed E-state index contributed by atoms with van der Waals surface area (Å²) in [7, 11) is 6.38. The van der Waals surface area contributed by atoms with Crippen molar-refractivity contribution in [3.05, 3.63) is 18.0 Å². The van der Waals surface area contributed by atoms with Crippen molar-refractivity contribution in [3.63, 3.8) is 0 Å². The Morgan fingerprint density at radius 1 is 1.52 bits per heavy atom. The molecule has 3 rings (SSSR count). The highest BCUT2D eigenvalue weighted by molar-refractivity contribution is 7.99. The summed E-state index contributed by atoms with van der Waals surface area (Å²) in [5, 5.41) is 7.84. The molecule has 1 N–H and O–H groups in total. The first-order valence-corrected chi connectivity index (χ1v) is 10.5. The molecular formula is C18H32N6S. The van der Waals surface area contributed by atoms with Crippen LogP contribution in [-0.4, -0.2) is 82.9 Å². The van der Waals surface area contributed by atoms with Crippen LogP contribution < -0.4 is 5.32 Å². The number of thioether (sulfide) groups is 1. The van der Waals surface area contributed by atoms with Crippen LogP contribution in [0.25, 0.3) is 0 Å². The third-order valence-corrected chi connectivity index (χ3v) is 6.81. The molecule has 6 nitrogen and oxygen atoms in total. The molecule has 7 heteroatoms. The number of hydrogen-bond donors (Lipinski definition) is 1. The van der Waals surface area contributed by atoms with E-state index in [1.54, 1.807) is 0 Å². The normalized spacial score (nSPS) is 27.5. The summed E-state index contributed by atoms with van der Waals surface area (Å²) in [5.74, 6) is 4.06. The second kappa shape index (κ2) is 7.99. The van der Waals surface area contributed by atoms with Gasteiger partial charge >= 0.3 is 0 Å². The fourth-order valence-corrected chi connectivity index (χ4v) is 5.28. The predicted octanol–water partition coefficient (Wildman–Crippen LogP) is 1.61. The van der Waals surface area contributed by atoms with E-state index < -0.39 is 0 Å². The third kappa shape index (κ3) is 4.14. The average Bonchev–Trinajstić information content (AvgIpc) is 3.31. The minimum atomic E-state index is 0.216. The van der Waals surface area contributed by atoms with Crippen LogP contribution in [-0.2, 0) is 7.05 Å². The lowest BCUT2D eigenvalue weighted by molar-refractivity contribution is 0.189. The van der Waals surface area contributed by atoms with Crippen LogP contribution >= 0.6 is 11.8 Å². The first kappa shape index (κ1) is 18.6. The number of nitrogens with one attached hydrogen (secondary N) is 1. The number of hydrogen-bond acceptors (Lipinski definition) is 4. The molecule has 0 bridgehead atoms. The van der Waals surface area contributed by atoms with Gasteiger partial charge in [-0.2, -0.15) is 16.9 Å². The maximum Gasteiger partial charge on any atom is 0.194 e. The first-order chi connectivity index (χ1) is 12.0. The Hall–Kier alpha value is -1.21. The van der Waals surface area contributed by atoms with E-state index in [1.165, 1.54) is 29.9 Å². The summed E-state index contributed by atoms with van der Waals surface area (Å²) in [6, 6.07) is 0. The van der Waals surface area contributed by atoms with Gasteiger partial charge in [0.2, 0.25) is 0 Å². The molecule has 0 aromatic carbocycles. The zero-order chi connectivity index (χ0) is 17.9. The van der Waals surface area contributed by atoms with Crippen molar-refractivity contribution in [2.45, 2.75) is 31.2 Å². The zero-order valence-electron chi connectivity index (χ0n) is 16.0. The molecule has 2 saturated heterocycles. The van der Waals surface area contributed by atoms with Crippen LogP contribution in [0.3, 0.4) is 0 Å². The van der Waals surface area contributed by atoms with E-state index in [9.17, 15) is 0 Å². The number of rotatable bonds is 5. The smallest absolute Gasteiger partial charge is 0.194 e. The number of aromatic nitrogens is 2. The minimum Gasteiger partial charge on any atom is -0.357 e. The summed E-state index contributed by atoms with van der Waals surface area (Å²) in [5.41, 5.74) is 1.56. The Morgan fingerprint density at radius 2 is 2.36 bits per heavy atom. The molecule has 0 radical (unpaired) electrons. The third-order valence-electron chi connectivity index (χ3n) is 5.57. The molecule has 2 aliphatic rings. The number of aryl methyl sites for hydroxylation is 1. The van der Waals surface area contributed by atoms with Gasteiger partial charge in [0.1, 0.15) is 0 Å². The van der Waals surface area contributed by atoms with Gasteiger partial charge < -0.3 is 15.1 Å². The van der Waals surface area contributed by atoms with Gasteiger partial charge in [0.05, 0.1) is 12.7 Å². The van der Waals surface area contributed by atoms with Crippen LogP contribution in [0.5, 0.6) is 0 Å². The van der Waals surface area contributed by atoms with E-state index >= 15 is 0 Å². The number of likely N-dealkylation sites (N-methyl/N-ethyl adjacent to an activating group) is 1. The van der Waals surface area contributed by atoms with Crippen LogP contribution in [0.2, 0.25) is 0 Å². The summed E-state index contributed by atoms with van der Waals surface area (Å²) >= 11 is 2.05. The van der Waals surface area contributed by atoms with Gasteiger partial charge in [0, 0.05) is 50.1 Å². The Morgan fingerprint density at radius 3 is 2.96 bits per heavy atom. The lowest BCUT2D eigenvalue weighted by Gasteiger charge is -2.34. The molecule has 0 amide bonds. The van der Waals surface area contributed by atoms with Gasteiger partial charge in [-0.05, 0) is 45.2 Å². The lowest BCUT2D eigenvalue weighted by atomic mass is 9.98. The standard InChI is InChI=1S/C18H32N6S/c1-5-19-17(20-13-18(22(2)3)7-9-25-14-18)24-8-6-15(12-24)16-10-21-23(4)11-16/h10-11,15H,5-9,12-14H2,1-4H3,(H,19,20). The molecule has 2 aliphatic heterocycles. The molecular weight excluding hydrogens is 332 g/mol. The largest absolute Gasteiger partial charge is 0.357 e. The van der Waals surface area contributed by atoms with Crippen LogP contribution in [0.4, 0.5) is 0 Å². The molecule has 2 fully saturated rings. The number of aliphatic imine (C=N–C) groups is 1. The van der Waals surface area contributed by atoms with Crippen molar-refractivity contribution in [3.8, 4) is 0 Å². The predicted molar refractivity (Wildman–Crippen MR) is 106 cm³/mol. The first-order valence-electron chi connectivity index (χ1n) is 9.31. The second-order valence-corrected chi connectivity index (χ2v) is 8.58. The van der Waals surface area contributed by atoms with E-state index in [2.05, 4.69) is 59.2 Å². The Kier molecular flexibility index (Phi) is 5.94. The molecule has 0 spiro atoms. The zero-order valence-corrected chi connectivity index (χ0v) is 16.8. The number of guanidine groups is 1. The van der Waals surface area contributed by atoms with Gasteiger partial charge in [-0.15, -0.1) is 0 Å². The molecule has 0 aliphatic carbocycles. The number of nitrogens with zero attached hydrogens (tertiary/aromatic N) is 5. The van der Waals surface area contributed by atoms with Crippen LogP contribution in [0.15, 0.2) is 17.4 Å². The van der Waals surface area contributed by atoms with Gasteiger partial charge in [-0.1, -0.05) is 0 Å². The summed E-state index contributed by atoms with van der Waals surface area (Å²) < 4.78 is 1.90. The van der Waals surface area contributed by atoms with Crippen molar-refractivity contribution in [2.24, 2.45) is 12.0 Å². The monoisotopic (exact) mass is 364 g/mol. The Bertz CT molecular complexity index is 590. The molecule has 3 heterocycles. The fourth-order valence-electron chi connectivity index (χ4n) is 3.74. The van der Waals surface area contributed by atoms with Crippen molar-refractivity contribution in [1.82, 2.24) is 24.9 Å². The van der Waals surface area contributed by atoms with Gasteiger partial charge in [-0.25, -0.2) is 0 Å². The van der Waals surface area contributed by atoms with Crippen molar-refractivity contribution in [1.29, 1.82) is 0 Å². The maximum atomic E-state index is 5.06. The molecule has 25 heavy (non-hydrogen) atoms. The van der Waals surface area contributed by atoms with Gasteiger partial charge in [0.25, 0.3) is 0 Å². The highest BCUT2D eigenvalue weighted by Gasteiger charge is 2.37. The number of likely N-dealkylation sites (tertiary alicyclic amines) is 1. The van der Waals surface area contributed by atoms with Crippen molar-refractivity contribution >= 4 is 17.7 Å². The van der Waals surface area contributed by atoms with Crippen LogP contribution in [0, 0.1) is 0 Å². The second-order valence-electron chi connectivity index (χ2n) is 7.47. The summed E-state index contributed by atoms with van der Waals surface area (Å²) in [6.45, 7) is 6.04. The van der Waals surface area contributed by atoms with Gasteiger partial charge in [-0.3, -0.25) is 9.67 Å². The quantitative estimate of drug-likeness (QED) is 0.635. The van der Waals surface area contributed by atoms with E-state index in [0.717, 1.165) is 32.1 Å². The maximum absolute atomic E-state index is 5.06. The van der Waals surface area contributed by atoms with Crippen LogP contribution in [0.1, 0.15) is 31.2 Å². The molecule has 0 saturated carbocycles. The Labute approximate surface area is 156 Å². The van der Waals surface area contributed by atoms with E-state index in [1.807, 2.05) is 17.9 Å². The SMILES string of the molecule is CCNC(=NCC1(N(C)C)CCSC1)N1CCC(c2cnn(C)c2)C1. The molecule has 1 aromatic heterocycles. The van der Waals surface area contributed by atoms with Crippen molar-refractivity contribution < 1.29 is 0 Å². The van der Waals surface area contributed by atoms with Gasteiger partial charge in [0.15, 0.2) is 5.96 Å². The lowest BCUT2D eigenvalue weighted by Crippen LogP contribution is -2.48. The Balaban J connectivity index is 1.68. The van der Waals surface area contributed by atoms with Crippen molar-refractivity contribution in [2.75, 3.05) is 51.8 Å². The molecule has 2 unspecified atom stereocenters. The molecule has 140 valence electrons. The topological polar surface area (TPSA) is 48.7 Å². The van der Waals surface area contributed by atoms with E-state index in [4.69, 9.17) is 4.99 Å². The fraction of sp³-hybridized carbons (Fsp3) is 0.778. The molecule has 2 atom stereocenters. The summed E-state index contributed by atoms with van der Waals surface area (Å²) in [4.78, 5) is 9.86. The highest BCUT2D eigenvalue weighted by atomic mass is 32.2. The average molecular weight is 365 g/mol. The highest BCUT2D eigenvalue weighted by Crippen LogP contribution is 2.32. The summed E-state index contributed by atoms with van der Waals surface area (Å²) in [6.07, 6.45) is 6.56.